The molecular weight excluding hydrogens is 398 g/mol. The van der Waals surface area contributed by atoms with Crippen LogP contribution in [0.4, 0.5) is 0 Å². The molecule has 2 heterocycles. The van der Waals surface area contributed by atoms with Crippen molar-refractivity contribution in [3.63, 3.8) is 0 Å². The third-order valence-electron chi connectivity index (χ3n) is 5.87. The number of aliphatic imine (C=N–C) groups is 2. The Morgan fingerprint density at radius 3 is 2.72 bits per heavy atom. The van der Waals surface area contributed by atoms with Gasteiger partial charge in [0.2, 0.25) is 0 Å². The Labute approximate surface area is 189 Å². The minimum absolute atomic E-state index is 0.0272. The summed E-state index contributed by atoms with van der Waals surface area (Å²) in [4.78, 5) is 32.9. The highest BCUT2D eigenvalue weighted by molar-refractivity contribution is 6.07. The van der Waals surface area contributed by atoms with Gasteiger partial charge in [-0.1, -0.05) is 43.5 Å². The second-order valence-electron chi connectivity index (χ2n) is 8.27. The number of hydrogen-bond donors (Lipinski definition) is 0. The molecule has 1 fully saturated rings. The normalized spacial score (nSPS) is 14.0. The second kappa shape index (κ2) is 10.8. The van der Waals surface area contributed by atoms with Gasteiger partial charge in [0.05, 0.1) is 41.1 Å². The van der Waals surface area contributed by atoms with E-state index in [4.69, 9.17) is 4.98 Å². The maximum atomic E-state index is 13.3. The minimum Gasteiger partial charge on any atom is -0.342 e. The summed E-state index contributed by atoms with van der Waals surface area (Å²) in [6.07, 6.45) is 8.65. The van der Waals surface area contributed by atoms with E-state index in [9.17, 15) is 4.79 Å². The van der Waals surface area contributed by atoms with Gasteiger partial charge in [0.25, 0.3) is 5.91 Å². The number of hydrogen-bond acceptors (Lipinski definition) is 5. The summed E-state index contributed by atoms with van der Waals surface area (Å²) >= 11 is 0. The Bertz CT molecular complexity index is 1120. The van der Waals surface area contributed by atoms with Crippen LogP contribution in [0.1, 0.15) is 48.9 Å². The zero-order chi connectivity index (χ0) is 22.2. The molecule has 0 N–H and O–H groups in total. The molecule has 0 aliphatic heterocycles. The fraction of sp³-hybridized carbons (Fsp3) is 0.385. The van der Waals surface area contributed by atoms with Crippen LogP contribution >= 0.6 is 0 Å². The Kier molecular flexibility index (Phi) is 7.36. The van der Waals surface area contributed by atoms with Crippen LogP contribution in [-0.4, -0.2) is 53.0 Å². The summed E-state index contributed by atoms with van der Waals surface area (Å²) in [5.74, 6) is -0.0272. The summed E-state index contributed by atoms with van der Waals surface area (Å²) in [5, 5.41) is 0.849. The van der Waals surface area contributed by atoms with Crippen LogP contribution in [0.3, 0.4) is 0 Å². The summed E-state index contributed by atoms with van der Waals surface area (Å²) in [6.45, 7) is 1.23. The van der Waals surface area contributed by atoms with Crippen LogP contribution in [0, 0.1) is 0 Å². The molecule has 0 radical (unpaired) electrons. The first-order valence-corrected chi connectivity index (χ1v) is 11.4. The second-order valence-corrected chi connectivity index (χ2v) is 8.27. The van der Waals surface area contributed by atoms with E-state index in [1.165, 1.54) is 19.3 Å². The molecule has 1 aliphatic rings. The lowest BCUT2D eigenvalue weighted by Gasteiger charge is -2.18. The first-order valence-electron chi connectivity index (χ1n) is 11.4. The highest BCUT2D eigenvalue weighted by Gasteiger charge is 2.17. The van der Waals surface area contributed by atoms with E-state index < -0.39 is 0 Å². The van der Waals surface area contributed by atoms with Crippen molar-refractivity contribution >= 4 is 22.8 Å². The molecule has 1 aliphatic carbocycles. The van der Waals surface area contributed by atoms with E-state index in [2.05, 4.69) is 21.0 Å². The number of para-hydroxylation sites is 1. The van der Waals surface area contributed by atoms with Crippen LogP contribution in [0.5, 0.6) is 0 Å². The van der Waals surface area contributed by atoms with Crippen molar-refractivity contribution in [2.45, 2.75) is 44.6 Å². The van der Waals surface area contributed by atoms with Crippen molar-refractivity contribution in [3.05, 3.63) is 60.3 Å². The summed E-state index contributed by atoms with van der Waals surface area (Å²) in [5.41, 5.74) is 2.88. The quantitative estimate of drug-likeness (QED) is 0.381. The van der Waals surface area contributed by atoms with Crippen molar-refractivity contribution in [1.29, 1.82) is 0 Å². The van der Waals surface area contributed by atoms with Crippen molar-refractivity contribution in [1.82, 2.24) is 14.9 Å². The van der Waals surface area contributed by atoms with Gasteiger partial charge < -0.3 is 4.90 Å². The van der Waals surface area contributed by atoms with Gasteiger partial charge in [-0.25, -0.2) is 15.0 Å². The third-order valence-corrected chi connectivity index (χ3v) is 5.87. The largest absolute Gasteiger partial charge is 0.342 e. The zero-order valence-corrected chi connectivity index (χ0v) is 18.6. The van der Waals surface area contributed by atoms with Crippen LogP contribution in [-0.2, 0) is 0 Å². The summed E-state index contributed by atoms with van der Waals surface area (Å²) in [6, 6.07) is 18.5. The lowest BCUT2D eigenvalue weighted by atomic mass is 9.96. The molecule has 1 saturated carbocycles. The fourth-order valence-electron chi connectivity index (χ4n) is 4.07. The summed E-state index contributed by atoms with van der Waals surface area (Å²) in [7, 11) is 1.83. The molecule has 1 amide bonds. The highest BCUT2D eigenvalue weighted by Crippen LogP contribution is 2.24. The highest BCUT2D eigenvalue weighted by atomic mass is 16.2. The smallest absolute Gasteiger partial charge is 0.254 e. The predicted octanol–water partition coefficient (Wildman–Crippen LogP) is 5.27. The van der Waals surface area contributed by atoms with Crippen LogP contribution < -0.4 is 0 Å². The molecule has 164 valence electrons. The molecule has 1 aromatic carbocycles. The number of pyridine rings is 2. The molecule has 0 saturated heterocycles. The van der Waals surface area contributed by atoms with Crippen molar-refractivity contribution in [3.8, 4) is 11.4 Å². The average molecular weight is 428 g/mol. The lowest BCUT2D eigenvalue weighted by Crippen LogP contribution is -2.28. The lowest BCUT2D eigenvalue weighted by molar-refractivity contribution is 0.0796. The van der Waals surface area contributed by atoms with E-state index in [1.54, 1.807) is 11.1 Å². The van der Waals surface area contributed by atoms with Crippen molar-refractivity contribution in [2.75, 3.05) is 20.1 Å². The first kappa shape index (κ1) is 21.8. The van der Waals surface area contributed by atoms with Crippen molar-refractivity contribution in [2.24, 2.45) is 9.98 Å². The van der Waals surface area contributed by atoms with Crippen LogP contribution in [0.25, 0.3) is 22.3 Å². The minimum atomic E-state index is -0.0272. The van der Waals surface area contributed by atoms with Gasteiger partial charge in [-0.15, -0.1) is 0 Å². The number of aromatic nitrogens is 2. The Morgan fingerprint density at radius 1 is 1.09 bits per heavy atom. The van der Waals surface area contributed by atoms with Gasteiger partial charge in [-0.2, -0.15) is 0 Å². The van der Waals surface area contributed by atoms with Gasteiger partial charge in [0.15, 0.2) is 0 Å². The van der Waals surface area contributed by atoms with E-state index in [0.29, 0.717) is 30.4 Å². The molecule has 2 aromatic heterocycles. The van der Waals surface area contributed by atoms with Crippen molar-refractivity contribution < 1.29 is 4.79 Å². The molecule has 6 nitrogen and oxygen atoms in total. The topological polar surface area (TPSA) is 70.8 Å². The van der Waals surface area contributed by atoms with Gasteiger partial charge >= 0.3 is 0 Å². The van der Waals surface area contributed by atoms with Crippen LogP contribution in [0.15, 0.2) is 64.7 Å². The number of carbonyl (C=O) groups is 1. The van der Waals surface area contributed by atoms with E-state index in [-0.39, 0.29) is 5.91 Å². The van der Waals surface area contributed by atoms with Gasteiger partial charge in [0.1, 0.15) is 0 Å². The first-order chi connectivity index (χ1) is 15.7. The molecular formula is C26H29N5O. The molecule has 0 unspecified atom stereocenters. The van der Waals surface area contributed by atoms with Gasteiger partial charge in [-0.05, 0) is 43.5 Å². The maximum absolute atomic E-state index is 13.3. The fourth-order valence-corrected chi connectivity index (χ4v) is 4.07. The molecule has 0 spiro atoms. The average Bonchev–Trinajstić information content (AvgIpc) is 2.86. The zero-order valence-electron chi connectivity index (χ0n) is 18.6. The number of amides is 1. The number of carbonyl (C=O) groups excluding carboxylic acids is 1. The molecule has 0 atom stereocenters. The Morgan fingerprint density at radius 2 is 1.91 bits per heavy atom. The molecule has 3 aromatic rings. The number of rotatable bonds is 7. The van der Waals surface area contributed by atoms with E-state index in [0.717, 1.165) is 35.9 Å². The van der Waals surface area contributed by atoms with Crippen LogP contribution in [0.2, 0.25) is 0 Å². The third kappa shape index (κ3) is 5.45. The standard InChI is InChI=1S/C26H29N5O/c1-31(17-9-15-27-19-29-20-10-3-2-4-11-20)26(32)22-18-25(24-14-7-8-16-28-24)30-23-13-6-5-12-21(22)23/h5-8,12-14,16,18,20H,2-4,9-11,15,17H2,1H3. The molecule has 6 heteroatoms. The van der Waals surface area contributed by atoms with Gasteiger partial charge in [-0.3, -0.25) is 9.78 Å². The molecule has 0 bridgehead atoms. The predicted molar refractivity (Wildman–Crippen MR) is 128 cm³/mol. The maximum Gasteiger partial charge on any atom is 0.254 e. The molecule has 32 heavy (non-hydrogen) atoms. The number of fused-ring (bicyclic) bond motifs is 1. The Balaban J connectivity index is 1.43. The molecule has 4 rings (SSSR count). The number of nitrogens with zero attached hydrogens (tertiary/aromatic N) is 5. The Hall–Kier alpha value is -3.37. The summed E-state index contributed by atoms with van der Waals surface area (Å²) < 4.78 is 0. The SMILES string of the molecule is CN(CCCN=C=NC1CCCCC1)C(=O)c1cc(-c2ccccn2)nc2ccccc12. The monoisotopic (exact) mass is 427 g/mol. The van der Waals surface area contributed by atoms with Gasteiger partial charge in [0, 0.05) is 25.2 Å². The van der Waals surface area contributed by atoms with E-state index in [1.807, 2.05) is 55.6 Å². The van der Waals surface area contributed by atoms with E-state index >= 15 is 0 Å². The number of benzene rings is 1.